The second kappa shape index (κ2) is 16.9. The largest absolute Gasteiger partial charge is 0.508 e. The third-order valence-corrected chi connectivity index (χ3v) is 13.6. The van der Waals surface area contributed by atoms with E-state index in [1.807, 2.05) is 0 Å². The van der Waals surface area contributed by atoms with E-state index in [4.69, 9.17) is 23.7 Å². The molecule has 2 saturated carbocycles. The smallest absolute Gasteiger partial charge is 0.338 e. The van der Waals surface area contributed by atoms with Gasteiger partial charge in [-0.1, -0.05) is 62.4 Å². The average molecular weight is 886 g/mol. The monoisotopic (exact) mass is 885 g/mol. The lowest BCUT2D eigenvalue weighted by Crippen LogP contribution is -2.85. The Labute approximate surface area is 367 Å². The van der Waals surface area contributed by atoms with Gasteiger partial charge in [0, 0.05) is 31.2 Å². The second-order valence-electron chi connectivity index (χ2n) is 17.7. The van der Waals surface area contributed by atoms with Crippen LogP contribution < -0.4 is 5.32 Å². The number of rotatable bonds is 10. The van der Waals surface area contributed by atoms with Crippen LogP contribution >= 0.6 is 0 Å². The molecule has 17 heteroatoms. The Hall–Kier alpha value is -5.98. The molecule has 3 aromatic carbocycles. The van der Waals surface area contributed by atoms with Crippen LogP contribution in [0.2, 0.25) is 0 Å². The molecule has 0 radical (unpaired) electrons. The molecule has 1 aliphatic heterocycles. The number of Topliss-reactive ketones (excluding diaryl/α,β-unsaturated/α-hetero) is 1. The maximum Gasteiger partial charge on any atom is 0.338 e. The molecule has 3 fully saturated rings. The summed E-state index contributed by atoms with van der Waals surface area (Å²) in [4.78, 5) is 83.6. The number of carbonyl (C=O) groups excluding carboxylic acids is 6. The van der Waals surface area contributed by atoms with Crippen LogP contribution in [0.4, 0.5) is 0 Å². The third-order valence-electron chi connectivity index (χ3n) is 13.6. The van der Waals surface area contributed by atoms with Gasteiger partial charge in [-0.05, 0) is 67.0 Å². The van der Waals surface area contributed by atoms with Gasteiger partial charge in [-0.2, -0.15) is 0 Å². The molecule has 0 aromatic heterocycles. The highest BCUT2D eigenvalue weighted by molar-refractivity contribution is 5.96. The van der Waals surface area contributed by atoms with Crippen LogP contribution in [0.1, 0.15) is 80.3 Å². The Morgan fingerprint density at radius 1 is 0.828 bits per heavy atom. The summed E-state index contributed by atoms with van der Waals surface area (Å²) in [6.45, 7) is 7.27. The number of fused-ring (bicyclic) bond motifs is 5. The van der Waals surface area contributed by atoms with Crippen molar-refractivity contribution < 1.29 is 78.0 Å². The van der Waals surface area contributed by atoms with Gasteiger partial charge in [-0.15, -0.1) is 0 Å². The van der Waals surface area contributed by atoms with Crippen molar-refractivity contribution in [2.24, 2.45) is 16.7 Å². The Morgan fingerprint density at radius 3 is 1.97 bits per heavy atom. The van der Waals surface area contributed by atoms with Crippen molar-refractivity contribution in [3.63, 3.8) is 0 Å². The van der Waals surface area contributed by atoms with Gasteiger partial charge in [0.15, 0.2) is 23.6 Å². The van der Waals surface area contributed by atoms with Crippen LogP contribution in [0.5, 0.6) is 5.75 Å². The van der Waals surface area contributed by atoms with Crippen LogP contribution in [0.25, 0.3) is 0 Å². The van der Waals surface area contributed by atoms with Crippen molar-refractivity contribution in [2.45, 2.75) is 108 Å². The molecule has 1 amide bonds. The summed E-state index contributed by atoms with van der Waals surface area (Å²) >= 11 is 0. The lowest BCUT2D eigenvalue weighted by molar-refractivity contribution is -0.369. The Bertz CT molecular complexity index is 2370. The zero-order chi connectivity index (χ0) is 46.7. The number of aliphatic hydroxyl groups excluding tert-OH is 3. The SMILES string of the molecule is CC(=O)O[C@H]1C(=O)[C@@]2(C)[C@H]([C@H](OC(=O)c3ccccc3)[C@]3(O)C[C@H](OC(=O)[C@H](O)[C@@H](NC(=O)c4ccccc4)c4ccc(O)cc4)C(C)=C1C3(C)C)[C@]1(OC(C)=O)CO[C@@H]1C(O)[C@@H]2O. The zero-order valence-corrected chi connectivity index (χ0v) is 35.9. The number of esters is 4. The first-order valence-electron chi connectivity index (χ1n) is 20.7. The number of ketones is 1. The summed E-state index contributed by atoms with van der Waals surface area (Å²) in [5, 5.41) is 61.8. The number of phenols is 1. The highest BCUT2D eigenvalue weighted by atomic mass is 16.6. The van der Waals surface area contributed by atoms with Crippen LogP contribution in [0.3, 0.4) is 0 Å². The van der Waals surface area contributed by atoms with Crippen LogP contribution in [0.15, 0.2) is 96.1 Å². The molecule has 2 bridgehead atoms. The predicted octanol–water partition coefficient (Wildman–Crippen LogP) is 2.41. The molecule has 340 valence electrons. The maximum absolute atomic E-state index is 15.5. The summed E-state index contributed by atoms with van der Waals surface area (Å²) in [5.74, 6) is -7.83. The maximum atomic E-state index is 15.5. The summed E-state index contributed by atoms with van der Waals surface area (Å²) < 4.78 is 29.9. The highest BCUT2D eigenvalue weighted by Gasteiger charge is 2.80. The van der Waals surface area contributed by atoms with E-state index in [0.717, 1.165) is 13.8 Å². The number of aromatic hydroxyl groups is 1. The fourth-order valence-electron chi connectivity index (χ4n) is 10.3. The van der Waals surface area contributed by atoms with E-state index >= 15 is 4.79 Å². The van der Waals surface area contributed by atoms with E-state index in [2.05, 4.69) is 5.32 Å². The highest BCUT2D eigenvalue weighted by Crippen LogP contribution is 2.64. The molecule has 17 nitrogen and oxygen atoms in total. The van der Waals surface area contributed by atoms with Gasteiger partial charge in [-0.25, -0.2) is 9.59 Å². The first-order chi connectivity index (χ1) is 30.1. The van der Waals surface area contributed by atoms with Crippen molar-refractivity contribution in [1.82, 2.24) is 5.32 Å². The van der Waals surface area contributed by atoms with E-state index in [1.54, 1.807) is 36.4 Å². The number of benzene rings is 3. The van der Waals surface area contributed by atoms with E-state index < -0.39 is 125 Å². The summed E-state index contributed by atoms with van der Waals surface area (Å²) in [6.07, 6.45) is -13.8. The molecule has 7 rings (SSSR count). The Balaban J connectivity index is 1.40. The first-order valence-corrected chi connectivity index (χ1v) is 20.7. The van der Waals surface area contributed by atoms with Crippen molar-refractivity contribution in [3.05, 3.63) is 113 Å². The predicted molar refractivity (Wildman–Crippen MR) is 221 cm³/mol. The summed E-state index contributed by atoms with van der Waals surface area (Å²) in [5.41, 5.74) is -8.35. The minimum atomic E-state index is -2.51. The number of hydrogen-bond donors (Lipinski definition) is 6. The van der Waals surface area contributed by atoms with Gasteiger partial charge >= 0.3 is 23.9 Å². The number of phenolic OH excluding ortho intramolecular Hbond substituents is 1. The molecular formula is C47H51NO16. The van der Waals surface area contributed by atoms with E-state index in [0.29, 0.717) is 0 Å². The fraction of sp³-hybridized carbons (Fsp3) is 0.447. The number of ether oxygens (including phenoxy) is 5. The van der Waals surface area contributed by atoms with Crippen molar-refractivity contribution in [3.8, 4) is 5.75 Å². The third kappa shape index (κ3) is 7.44. The first kappa shape index (κ1) is 46.0. The molecular weight excluding hydrogens is 835 g/mol. The molecule has 1 saturated heterocycles. The topological polar surface area (TPSA) is 262 Å². The number of nitrogens with one attached hydrogen (secondary N) is 1. The molecule has 64 heavy (non-hydrogen) atoms. The van der Waals surface area contributed by atoms with Crippen LogP contribution in [0, 0.1) is 16.7 Å². The van der Waals surface area contributed by atoms with Gasteiger partial charge in [0.05, 0.1) is 35.6 Å². The Kier molecular flexibility index (Phi) is 12.1. The Morgan fingerprint density at radius 2 is 1.42 bits per heavy atom. The minimum absolute atomic E-state index is 0.00259. The molecule has 3 aliphatic carbocycles. The quantitative estimate of drug-likeness (QED) is 0.0970. The molecule has 1 heterocycles. The number of hydrogen-bond acceptors (Lipinski definition) is 16. The van der Waals surface area contributed by atoms with E-state index in [9.17, 15) is 49.5 Å². The van der Waals surface area contributed by atoms with Gasteiger partial charge in [0.25, 0.3) is 5.91 Å². The lowest BCUT2D eigenvalue weighted by atomic mass is 9.44. The fourth-order valence-corrected chi connectivity index (χ4v) is 10.3. The second-order valence-corrected chi connectivity index (χ2v) is 17.7. The van der Waals surface area contributed by atoms with E-state index in [1.165, 1.54) is 76.2 Å². The van der Waals surface area contributed by atoms with E-state index in [-0.39, 0.29) is 33.6 Å². The number of aliphatic hydroxyl groups is 4. The van der Waals surface area contributed by atoms with Gasteiger partial charge in [0.1, 0.15) is 35.8 Å². The van der Waals surface area contributed by atoms with Gasteiger partial charge in [0.2, 0.25) is 0 Å². The van der Waals surface area contributed by atoms with Gasteiger partial charge < -0.3 is 54.5 Å². The molecule has 6 N–H and O–H groups in total. The van der Waals surface area contributed by atoms with Crippen molar-refractivity contribution >= 4 is 35.6 Å². The lowest BCUT2D eigenvalue weighted by Gasteiger charge is -2.68. The molecule has 1 unspecified atom stereocenters. The normalized spacial score (nSPS) is 32.4. The summed E-state index contributed by atoms with van der Waals surface area (Å²) in [6, 6.07) is 19.4. The van der Waals surface area contributed by atoms with Crippen molar-refractivity contribution in [2.75, 3.05) is 6.61 Å². The van der Waals surface area contributed by atoms with Crippen molar-refractivity contribution in [1.29, 1.82) is 0 Å². The molecule has 4 aliphatic rings. The number of amides is 1. The van der Waals surface area contributed by atoms with Crippen LogP contribution in [-0.2, 0) is 42.9 Å². The summed E-state index contributed by atoms with van der Waals surface area (Å²) in [7, 11) is 0. The minimum Gasteiger partial charge on any atom is -0.508 e. The standard InChI is InChI=1S/C47H51NO16/c1-23-30(62-43(58)33(52)32(26-17-19-29(51)20-18-26)48-41(56)27-13-9-7-10-14-27)21-47(59)40(63-42(57)28-15-11-8-12-16-28)36-45(6,38(55)35(61-24(2)49)31(23)44(47,4)5)37(54)34(53)39-46(36,22-60-39)64-25(3)50/h7-20,30,32-37,39-40,51-54,59H,21-22H2,1-6H3,(H,48,56)/t30-,32-,33+,34?,35+,36-,37-,39+,40-,45-,46+,47+/m0/s1. The van der Waals surface area contributed by atoms with Crippen LogP contribution in [-0.4, -0.2) is 122 Å². The number of carbonyl (C=O) groups is 6. The zero-order valence-electron chi connectivity index (χ0n) is 35.9. The van der Waals surface area contributed by atoms with Gasteiger partial charge in [-0.3, -0.25) is 19.2 Å². The molecule has 3 aromatic rings. The molecule has 0 spiro atoms. The molecule has 12 atom stereocenters. The average Bonchev–Trinajstić information content (AvgIpc) is 3.24.